The van der Waals surface area contributed by atoms with Gasteiger partial charge in [-0.3, -0.25) is 0 Å². The van der Waals surface area contributed by atoms with Crippen molar-refractivity contribution in [3.05, 3.63) is 29.8 Å². The van der Waals surface area contributed by atoms with Crippen molar-refractivity contribution in [1.29, 1.82) is 0 Å². The highest BCUT2D eigenvalue weighted by atomic mass is 32.2. The van der Waals surface area contributed by atoms with E-state index in [-0.39, 0.29) is 35.0 Å². The lowest BCUT2D eigenvalue weighted by atomic mass is 10.2. The van der Waals surface area contributed by atoms with E-state index in [1.807, 2.05) is 0 Å². The summed E-state index contributed by atoms with van der Waals surface area (Å²) in [6, 6.07) is 4.69. The Hall–Kier alpha value is -1.45. The molecule has 0 bridgehead atoms. The Kier molecular flexibility index (Phi) is 4.88. The molecular formula is C13H17NO6S2. The molecule has 1 aliphatic heterocycles. The van der Waals surface area contributed by atoms with Gasteiger partial charge in [0.15, 0.2) is 9.84 Å². The number of nitrogens with one attached hydrogen (secondary N) is 1. The van der Waals surface area contributed by atoms with Gasteiger partial charge in [-0.15, -0.1) is 0 Å². The zero-order valence-corrected chi connectivity index (χ0v) is 13.6. The number of esters is 1. The van der Waals surface area contributed by atoms with Crippen molar-refractivity contribution in [2.75, 3.05) is 18.1 Å². The molecule has 0 saturated carbocycles. The van der Waals surface area contributed by atoms with Gasteiger partial charge in [0.25, 0.3) is 0 Å². The van der Waals surface area contributed by atoms with Gasteiger partial charge >= 0.3 is 5.97 Å². The highest BCUT2D eigenvalue weighted by Gasteiger charge is 2.31. The monoisotopic (exact) mass is 347 g/mol. The van der Waals surface area contributed by atoms with Crippen LogP contribution in [0.1, 0.15) is 23.7 Å². The fourth-order valence-electron chi connectivity index (χ4n) is 2.16. The van der Waals surface area contributed by atoms with Crippen molar-refractivity contribution < 1.29 is 26.4 Å². The van der Waals surface area contributed by atoms with Gasteiger partial charge in [-0.2, -0.15) is 0 Å². The fraction of sp³-hybridized carbons (Fsp3) is 0.462. The van der Waals surface area contributed by atoms with Crippen LogP contribution in [0.5, 0.6) is 0 Å². The zero-order valence-electron chi connectivity index (χ0n) is 12.0. The quantitative estimate of drug-likeness (QED) is 0.769. The van der Waals surface area contributed by atoms with E-state index < -0.39 is 31.9 Å². The number of ether oxygens (including phenoxy) is 1. The Morgan fingerprint density at radius 1 is 1.32 bits per heavy atom. The maximum atomic E-state index is 12.2. The molecule has 7 nitrogen and oxygen atoms in total. The van der Waals surface area contributed by atoms with Gasteiger partial charge in [-0.05, 0) is 37.6 Å². The Morgan fingerprint density at radius 2 is 1.95 bits per heavy atom. The first-order valence-corrected chi connectivity index (χ1v) is 10.0. The summed E-state index contributed by atoms with van der Waals surface area (Å²) in [5.74, 6) is -0.726. The molecule has 9 heteroatoms. The van der Waals surface area contributed by atoms with Crippen LogP contribution >= 0.6 is 0 Å². The van der Waals surface area contributed by atoms with E-state index in [0.29, 0.717) is 0 Å². The number of benzene rings is 1. The molecule has 1 atom stereocenters. The first kappa shape index (κ1) is 16.9. The second kappa shape index (κ2) is 6.35. The van der Waals surface area contributed by atoms with Crippen molar-refractivity contribution in [3.8, 4) is 0 Å². The molecule has 0 radical (unpaired) electrons. The minimum absolute atomic E-state index is 0.0119. The number of sulfonamides is 1. The van der Waals surface area contributed by atoms with E-state index in [1.165, 1.54) is 24.3 Å². The molecule has 1 N–H and O–H groups in total. The molecule has 2 rings (SSSR count). The summed E-state index contributed by atoms with van der Waals surface area (Å²) in [7, 11) is -6.98. The summed E-state index contributed by atoms with van der Waals surface area (Å²) in [5, 5.41) is 0. The summed E-state index contributed by atoms with van der Waals surface area (Å²) in [5.41, 5.74) is 0.254. The summed E-state index contributed by atoms with van der Waals surface area (Å²) < 4.78 is 54.3. The van der Waals surface area contributed by atoms with Crippen LogP contribution in [0.4, 0.5) is 0 Å². The Morgan fingerprint density at radius 3 is 2.45 bits per heavy atom. The second-order valence-electron chi connectivity index (χ2n) is 4.97. The first-order chi connectivity index (χ1) is 10.2. The van der Waals surface area contributed by atoms with E-state index in [0.717, 1.165) is 0 Å². The summed E-state index contributed by atoms with van der Waals surface area (Å²) >= 11 is 0. The standard InChI is InChI=1S/C13H17NO6S2/c1-2-20-13(15)10-3-5-12(6-4-10)22(18,19)14-11-7-8-21(16,17)9-11/h3-6,11,14H,2,7-9H2,1H3/t11-/m1/s1. The van der Waals surface area contributed by atoms with E-state index >= 15 is 0 Å². The van der Waals surface area contributed by atoms with Crippen LogP contribution in [0.25, 0.3) is 0 Å². The SMILES string of the molecule is CCOC(=O)c1ccc(S(=O)(=O)N[C@@H]2CCS(=O)(=O)C2)cc1. The predicted octanol–water partition coefficient (Wildman–Crippen LogP) is 0.329. The average Bonchev–Trinajstić information content (AvgIpc) is 2.77. The summed E-state index contributed by atoms with van der Waals surface area (Å²) in [6.45, 7) is 1.91. The largest absolute Gasteiger partial charge is 0.462 e. The molecule has 0 spiro atoms. The molecule has 0 aliphatic carbocycles. The first-order valence-electron chi connectivity index (χ1n) is 6.73. The molecule has 0 amide bonds. The van der Waals surface area contributed by atoms with Crippen LogP contribution in [0.2, 0.25) is 0 Å². The van der Waals surface area contributed by atoms with Crippen molar-refractivity contribution >= 4 is 25.8 Å². The van der Waals surface area contributed by atoms with Crippen LogP contribution in [-0.2, 0) is 24.6 Å². The number of sulfone groups is 1. The topological polar surface area (TPSA) is 107 Å². The second-order valence-corrected chi connectivity index (χ2v) is 8.91. The molecule has 1 heterocycles. The fourth-order valence-corrected chi connectivity index (χ4v) is 5.21. The molecule has 0 aromatic heterocycles. The number of carbonyl (C=O) groups excluding carboxylic acids is 1. The van der Waals surface area contributed by atoms with Gasteiger partial charge in [-0.25, -0.2) is 26.4 Å². The molecule has 1 saturated heterocycles. The molecule has 22 heavy (non-hydrogen) atoms. The van der Waals surface area contributed by atoms with Crippen LogP contribution < -0.4 is 4.72 Å². The van der Waals surface area contributed by atoms with Crippen molar-refractivity contribution in [1.82, 2.24) is 4.72 Å². The Balaban J connectivity index is 2.11. The van der Waals surface area contributed by atoms with Crippen molar-refractivity contribution in [3.63, 3.8) is 0 Å². The molecule has 1 fully saturated rings. The zero-order chi connectivity index (χ0) is 16.4. The lowest BCUT2D eigenvalue weighted by Gasteiger charge is -2.11. The predicted molar refractivity (Wildman–Crippen MR) is 79.8 cm³/mol. The third-order valence-corrected chi connectivity index (χ3v) is 6.53. The summed E-state index contributed by atoms with van der Waals surface area (Å²) in [4.78, 5) is 11.5. The van der Waals surface area contributed by atoms with Crippen molar-refractivity contribution in [2.24, 2.45) is 0 Å². The maximum Gasteiger partial charge on any atom is 0.338 e. The molecule has 1 aromatic carbocycles. The van der Waals surface area contributed by atoms with Crippen LogP contribution in [0.15, 0.2) is 29.2 Å². The van der Waals surface area contributed by atoms with Gasteiger partial charge in [0.2, 0.25) is 10.0 Å². The summed E-state index contributed by atoms with van der Waals surface area (Å²) in [6.07, 6.45) is 0.266. The van der Waals surface area contributed by atoms with Gasteiger partial charge in [0.05, 0.1) is 28.6 Å². The van der Waals surface area contributed by atoms with E-state index in [4.69, 9.17) is 4.74 Å². The van der Waals surface area contributed by atoms with Gasteiger partial charge in [0, 0.05) is 6.04 Å². The minimum atomic E-state index is -3.82. The number of hydrogen-bond acceptors (Lipinski definition) is 6. The average molecular weight is 347 g/mol. The Bertz CT molecular complexity index is 752. The number of carbonyl (C=O) groups is 1. The number of rotatable bonds is 5. The van der Waals surface area contributed by atoms with Crippen LogP contribution in [0, 0.1) is 0 Å². The van der Waals surface area contributed by atoms with E-state index in [1.54, 1.807) is 6.92 Å². The van der Waals surface area contributed by atoms with Gasteiger partial charge in [-0.1, -0.05) is 0 Å². The molecule has 0 unspecified atom stereocenters. The molecule has 1 aliphatic rings. The van der Waals surface area contributed by atoms with Gasteiger partial charge in [0.1, 0.15) is 0 Å². The highest BCUT2D eigenvalue weighted by molar-refractivity contribution is 7.92. The van der Waals surface area contributed by atoms with Gasteiger partial charge < -0.3 is 4.74 Å². The molecule has 1 aromatic rings. The normalized spacial score (nSPS) is 20.7. The Labute approximate surface area is 129 Å². The van der Waals surface area contributed by atoms with Crippen LogP contribution in [0.3, 0.4) is 0 Å². The number of hydrogen-bond donors (Lipinski definition) is 1. The smallest absolute Gasteiger partial charge is 0.338 e. The molecular weight excluding hydrogens is 330 g/mol. The highest BCUT2D eigenvalue weighted by Crippen LogP contribution is 2.16. The third-order valence-electron chi connectivity index (χ3n) is 3.23. The lowest BCUT2D eigenvalue weighted by Crippen LogP contribution is -2.35. The van der Waals surface area contributed by atoms with Crippen molar-refractivity contribution in [2.45, 2.75) is 24.3 Å². The van der Waals surface area contributed by atoms with E-state index in [9.17, 15) is 21.6 Å². The molecule has 122 valence electrons. The van der Waals surface area contributed by atoms with E-state index in [2.05, 4.69) is 4.72 Å². The third kappa shape index (κ3) is 4.05. The lowest BCUT2D eigenvalue weighted by molar-refractivity contribution is 0.0526. The van der Waals surface area contributed by atoms with Crippen LogP contribution in [-0.4, -0.2) is 47.0 Å². The maximum absolute atomic E-state index is 12.2. The minimum Gasteiger partial charge on any atom is -0.462 e.